The van der Waals surface area contributed by atoms with Crippen LogP contribution in [0.25, 0.3) is 22.0 Å². The Kier molecular flexibility index (Phi) is 6.01. The third-order valence-electron chi connectivity index (χ3n) is 4.70. The maximum atomic E-state index is 13.0. The molecule has 0 bridgehead atoms. The predicted octanol–water partition coefficient (Wildman–Crippen LogP) is 6.59. The molecule has 32 heavy (non-hydrogen) atoms. The molecule has 4 nitrogen and oxygen atoms in total. The predicted molar refractivity (Wildman–Crippen MR) is 118 cm³/mol. The van der Waals surface area contributed by atoms with Gasteiger partial charge in [-0.25, -0.2) is 0 Å². The first-order valence-electron chi connectivity index (χ1n) is 9.54. The number of hydrogen-bond donors (Lipinski definition) is 1. The average molecular weight is 457 g/mol. The molecule has 8 heteroatoms. The summed E-state index contributed by atoms with van der Waals surface area (Å²) < 4.78 is 44.5. The Morgan fingerprint density at radius 1 is 0.969 bits per heavy atom. The molecule has 0 spiro atoms. The normalized spacial score (nSPS) is 11.4. The molecule has 4 aromatic rings. The summed E-state index contributed by atoms with van der Waals surface area (Å²) in [4.78, 5) is 16.5. The van der Waals surface area contributed by atoms with Crippen molar-refractivity contribution in [1.82, 2.24) is 4.98 Å². The van der Waals surface area contributed by atoms with Crippen molar-refractivity contribution < 1.29 is 22.7 Å². The maximum Gasteiger partial charge on any atom is 0.417 e. The molecular weight excluding hydrogens is 441 g/mol. The van der Waals surface area contributed by atoms with Crippen molar-refractivity contribution >= 4 is 34.1 Å². The van der Waals surface area contributed by atoms with Crippen molar-refractivity contribution in [3.63, 3.8) is 0 Å². The smallest absolute Gasteiger partial charge is 0.417 e. The number of amides is 1. The highest BCUT2D eigenvalue weighted by atomic mass is 35.5. The quantitative estimate of drug-likeness (QED) is 0.368. The molecule has 0 aliphatic carbocycles. The Balaban J connectivity index is 1.43. The lowest BCUT2D eigenvalue weighted by atomic mass is 10.0. The largest absolute Gasteiger partial charge is 0.484 e. The molecule has 0 atom stereocenters. The van der Waals surface area contributed by atoms with Crippen LogP contribution in [0, 0.1) is 0 Å². The molecule has 4 rings (SSSR count). The average Bonchev–Trinajstić information content (AvgIpc) is 2.78. The molecule has 1 aromatic heterocycles. The fourth-order valence-electron chi connectivity index (χ4n) is 3.18. The number of alkyl halides is 3. The Morgan fingerprint density at radius 2 is 1.78 bits per heavy atom. The minimum absolute atomic E-state index is 0.0206. The topological polar surface area (TPSA) is 51.2 Å². The molecule has 0 saturated carbocycles. The van der Waals surface area contributed by atoms with E-state index in [4.69, 9.17) is 16.3 Å². The lowest BCUT2D eigenvalue weighted by Crippen LogP contribution is -2.20. The van der Waals surface area contributed by atoms with E-state index in [1.165, 1.54) is 6.07 Å². The van der Waals surface area contributed by atoms with Crippen molar-refractivity contribution in [1.29, 1.82) is 0 Å². The number of carbonyl (C=O) groups excluding carboxylic acids is 1. The second-order valence-corrected chi connectivity index (χ2v) is 7.38. The molecule has 1 amide bonds. The van der Waals surface area contributed by atoms with E-state index in [1.807, 2.05) is 36.4 Å². The molecular formula is C24H16ClF3N2O2. The van der Waals surface area contributed by atoms with Crippen LogP contribution < -0.4 is 10.1 Å². The fourth-order valence-corrected chi connectivity index (χ4v) is 3.40. The van der Waals surface area contributed by atoms with E-state index in [9.17, 15) is 18.0 Å². The fraction of sp³-hybridized carbons (Fsp3) is 0.0833. The number of nitrogens with one attached hydrogen (secondary N) is 1. The van der Waals surface area contributed by atoms with E-state index in [0.29, 0.717) is 5.75 Å². The third kappa shape index (κ3) is 5.00. The van der Waals surface area contributed by atoms with Gasteiger partial charge in [-0.2, -0.15) is 13.2 Å². The number of nitrogens with zero attached hydrogens (tertiary/aromatic N) is 1. The summed E-state index contributed by atoms with van der Waals surface area (Å²) in [5.41, 5.74) is 1.63. The lowest BCUT2D eigenvalue weighted by molar-refractivity contribution is -0.137. The summed E-state index contributed by atoms with van der Waals surface area (Å²) in [7, 11) is 0. The van der Waals surface area contributed by atoms with Gasteiger partial charge in [-0.1, -0.05) is 41.9 Å². The van der Waals surface area contributed by atoms with E-state index in [-0.39, 0.29) is 12.3 Å². The van der Waals surface area contributed by atoms with Gasteiger partial charge in [-0.15, -0.1) is 0 Å². The maximum absolute atomic E-state index is 13.0. The van der Waals surface area contributed by atoms with Crippen molar-refractivity contribution in [2.45, 2.75) is 6.18 Å². The highest BCUT2D eigenvalue weighted by Gasteiger charge is 2.33. The van der Waals surface area contributed by atoms with Gasteiger partial charge in [0.25, 0.3) is 5.91 Å². The van der Waals surface area contributed by atoms with Gasteiger partial charge >= 0.3 is 6.18 Å². The van der Waals surface area contributed by atoms with Gasteiger partial charge in [-0.3, -0.25) is 9.78 Å². The van der Waals surface area contributed by atoms with E-state index in [1.54, 1.807) is 24.4 Å². The Labute approximate surface area is 186 Å². The van der Waals surface area contributed by atoms with Crippen LogP contribution in [-0.4, -0.2) is 17.5 Å². The molecule has 1 N–H and O–H groups in total. The van der Waals surface area contributed by atoms with Gasteiger partial charge in [0, 0.05) is 17.3 Å². The lowest BCUT2D eigenvalue weighted by Gasteiger charge is -2.12. The molecule has 0 aliphatic rings. The number of halogens is 4. The number of ether oxygens (including phenoxy) is 1. The third-order valence-corrected chi connectivity index (χ3v) is 5.03. The zero-order valence-electron chi connectivity index (χ0n) is 16.5. The number of aromatic nitrogens is 1. The van der Waals surface area contributed by atoms with E-state index < -0.39 is 22.7 Å². The van der Waals surface area contributed by atoms with Gasteiger partial charge in [-0.05, 0) is 53.6 Å². The molecule has 162 valence electrons. The van der Waals surface area contributed by atoms with E-state index >= 15 is 0 Å². The number of fused-ring (bicyclic) bond motifs is 1. The van der Waals surface area contributed by atoms with Crippen molar-refractivity contribution in [2.75, 3.05) is 11.9 Å². The summed E-state index contributed by atoms with van der Waals surface area (Å²) in [6.45, 7) is -0.368. The first-order chi connectivity index (χ1) is 15.3. The molecule has 0 fully saturated rings. The van der Waals surface area contributed by atoms with Crippen LogP contribution in [-0.2, 0) is 11.0 Å². The molecule has 0 aliphatic heterocycles. The van der Waals surface area contributed by atoms with Crippen LogP contribution in [0.3, 0.4) is 0 Å². The number of anilines is 1. The van der Waals surface area contributed by atoms with Crippen molar-refractivity contribution in [3.05, 3.63) is 89.6 Å². The van der Waals surface area contributed by atoms with Crippen LogP contribution in [0.2, 0.25) is 5.02 Å². The van der Waals surface area contributed by atoms with Crippen LogP contribution >= 0.6 is 11.6 Å². The highest BCUT2D eigenvalue weighted by Crippen LogP contribution is 2.36. The molecule has 0 unspecified atom stereocenters. The first kappa shape index (κ1) is 21.6. The van der Waals surface area contributed by atoms with Crippen LogP contribution in [0.1, 0.15) is 5.56 Å². The molecule has 3 aromatic carbocycles. The van der Waals surface area contributed by atoms with Crippen LogP contribution in [0.15, 0.2) is 79.0 Å². The number of pyridine rings is 1. The number of carbonyl (C=O) groups is 1. The van der Waals surface area contributed by atoms with Crippen molar-refractivity contribution in [3.8, 4) is 16.9 Å². The van der Waals surface area contributed by atoms with E-state index in [0.717, 1.165) is 34.2 Å². The Bertz CT molecular complexity index is 1290. The summed E-state index contributed by atoms with van der Waals surface area (Å²) in [5, 5.41) is 2.97. The van der Waals surface area contributed by atoms with Gasteiger partial charge in [0.1, 0.15) is 5.75 Å². The number of benzene rings is 3. The monoisotopic (exact) mass is 456 g/mol. The van der Waals surface area contributed by atoms with Crippen molar-refractivity contribution in [2.24, 2.45) is 0 Å². The Hall–Kier alpha value is -3.58. The Morgan fingerprint density at radius 3 is 2.59 bits per heavy atom. The van der Waals surface area contributed by atoms with Gasteiger partial charge in [0.2, 0.25) is 0 Å². The second kappa shape index (κ2) is 8.88. The second-order valence-electron chi connectivity index (χ2n) is 6.97. The van der Waals surface area contributed by atoms with Crippen LogP contribution in [0.4, 0.5) is 18.9 Å². The molecule has 0 radical (unpaired) electrons. The minimum atomic E-state index is -4.62. The summed E-state index contributed by atoms with van der Waals surface area (Å²) in [6.07, 6.45) is -2.89. The van der Waals surface area contributed by atoms with E-state index in [2.05, 4.69) is 10.3 Å². The number of rotatable bonds is 5. The zero-order chi connectivity index (χ0) is 22.7. The van der Waals surface area contributed by atoms with Crippen LogP contribution in [0.5, 0.6) is 5.75 Å². The standard InChI is InChI=1S/C24H16ClF3N2O2/c25-21-9-8-18(13-20(21)24(26,27)28)30-23(31)14-32-19-5-1-3-16(11-19)17-7-6-15-4-2-10-29-22(15)12-17/h1-13H,14H2,(H,30,31). The molecule has 0 saturated heterocycles. The summed E-state index contributed by atoms with van der Waals surface area (Å²) >= 11 is 5.59. The number of hydrogen-bond acceptors (Lipinski definition) is 3. The molecule has 1 heterocycles. The minimum Gasteiger partial charge on any atom is -0.484 e. The highest BCUT2D eigenvalue weighted by molar-refractivity contribution is 6.31. The van der Waals surface area contributed by atoms with Gasteiger partial charge in [0.05, 0.1) is 16.1 Å². The summed E-state index contributed by atoms with van der Waals surface area (Å²) in [6, 6.07) is 20.1. The first-order valence-corrected chi connectivity index (χ1v) is 9.92. The SMILES string of the molecule is O=C(COc1cccc(-c2ccc3cccnc3c2)c1)Nc1ccc(Cl)c(C(F)(F)F)c1. The van der Waals surface area contributed by atoms with Gasteiger partial charge in [0.15, 0.2) is 6.61 Å². The summed E-state index contributed by atoms with van der Waals surface area (Å²) in [5.74, 6) is -0.147. The zero-order valence-corrected chi connectivity index (χ0v) is 17.2. The van der Waals surface area contributed by atoms with Gasteiger partial charge < -0.3 is 10.1 Å².